The molecule has 0 aliphatic rings. The van der Waals surface area contributed by atoms with Crippen LogP contribution < -0.4 is 10.9 Å². The van der Waals surface area contributed by atoms with Crippen molar-refractivity contribution in [2.75, 3.05) is 6.54 Å². The fourth-order valence-corrected chi connectivity index (χ4v) is 3.40. The number of amides is 1. The lowest BCUT2D eigenvalue weighted by Crippen LogP contribution is -2.26. The number of hydrogen-bond donors (Lipinski definition) is 2. The van der Waals surface area contributed by atoms with Crippen molar-refractivity contribution >= 4 is 22.4 Å². The smallest absolute Gasteiger partial charge is 0.404 e. The molecule has 0 spiro atoms. The number of nitrogens with one attached hydrogen (secondary N) is 1. The monoisotopic (exact) mass is 347 g/mol. The molecule has 1 aromatic carbocycles. The molecule has 8 heteroatoms. The fraction of sp³-hybridized carbons (Fsp3) is 0.188. The molecule has 3 rings (SSSR count). The molecule has 0 saturated heterocycles. The van der Waals surface area contributed by atoms with Gasteiger partial charge in [0.15, 0.2) is 4.96 Å². The molecule has 0 aliphatic heterocycles. The number of aryl methyl sites for hydroxylation is 1. The predicted octanol–water partition coefficient (Wildman–Crippen LogP) is 2.68. The Bertz CT molecular complexity index is 980. The molecule has 3 aromatic rings. The van der Waals surface area contributed by atoms with Crippen LogP contribution in [0, 0.1) is 12.7 Å². The third kappa shape index (κ3) is 3.00. The van der Waals surface area contributed by atoms with Crippen molar-refractivity contribution in [3.63, 3.8) is 0 Å². The number of nitrogens with zero attached hydrogens (tertiary/aromatic N) is 2. The van der Waals surface area contributed by atoms with Gasteiger partial charge in [-0.3, -0.25) is 9.20 Å². The zero-order valence-corrected chi connectivity index (χ0v) is 13.6. The van der Waals surface area contributed by atoms with Crippen LogP contribution in [0.2, 0.25) is 0 Å². The highest BCUT2D eigenvalue weighted by molar-refractivity contribution is 7.15. The van der Waals surface area contributed by atoms with Crippen LogP contribution in [0.25, 0.3) is 16.1 Å². The molecule has 0 fully saturated rings. The molecule has 0 unspecified atom stereocenters. The maximum absolute atomic E-state index is 13.6. The second kappa shape index (κ2) is 6.40. The summed E-state index contributed by atoms with van der Waals surface area (Å²) in [6.07, 6.45) is -0.909. The number of carbonyl (C=O) groups is 1. The van der Waals surface area contributed by atoms with Crippen molar-refractivity contribution in [1.29, 1.82) is 0 Å². The Morgan fingerprint density at radius 1 is 1.46 bits per heavy atom. The Morgan fingerprint density at radius 3 is 2.96 bits per heavy atom. The Morgan fingerprint density at radius 2 is 2.25 bits per heavy atom. The molecule has 2 N–H and O–H groups in total. The Hall–Kier alpha value is -2.74. The van der Waals surface area contributed by atoms with Crippen LogP contribution >= 0.6 is 11.3 Å². The second-order valence-electron chi connectivity index (χ2n) is 5.23. The minimum atomic E-state index is -1.15. The minimum absolute atomic E-state index is 0.116. The molecule has 0 bridgehead atoms. The first-order chi connectivity index (χ1) is 11.5. The van der Waals surface area contributed by atoms with Crippen molar-refractivity contribution in [3.8, 4) is 11.1 Å². The van der Waals surface area contributed by atoms with Crippen molar-refractivity contribution in [1.82, 2.24) is 14.7 Å². The molecule has 0 saturated carbocycles. The van der Waals surface area contributed by atoms with Gasteiger partial charge in [0.25, 0.3) is 5.56 Å². The van der Waals surface area contributed by atoms with Crippen molar-refractivity contribution < 1.29 is 14.3 Å². The summed E-state index contributed by atoms with van der Waals surface area (Å²) in [7, 11) is 0. The summed E-state index contributed by atoms with van der Waals surface area (Å²) in [4.78, 5) is 28.6. The molecule has 6 nitrogen and oxygen atoms in total. The van der Waals surface area contributed by atoms with Crippen LogP contribution in [0.3, 0.4) is 0 Å². The van der Waals surface area contributed by atoms with Gasteiger partial charge >= 0.3 is 6.09 Å². The maximum Gasteiger partial charge on any atom is 0.404 e. The summed E-state index contributed by atoms with van der Waals surface area (Å²) >= 11 is 1.33. The molecule has 2 heterocycles. The maximum atomic E-state index is 13.6. The highest BCUT2D eigenvalue weighted by Gasteiger charge is 2.17. The Labute approximate surface area is 140 Å². The van der Waals surface area contributed by atoms with E-state index in [1.807, 2.05) is 5.38 Å². The lowest BCUT2D eigenvalue weighted by molar-refractivity contribution is 0.194. The predicted molar refractivity (Wildman–Crippen MR) is 89.2 cm³/mol. The molecule has 0 radical (unpaired) electrons. The SMILES string of the molecule is Cc1csc2nc(CCNC(=O)O)c(-c3cccc(F)c3)c(=O)n12. The van der Waals surface area contributed by atoms with Gasteiger partial charge in [-0.1, -0.05) is 12.1 Å². The summed E-state index contributed by atoms with van der Waals surface area (Å²) in [6, 6.07) is 5.75. The Balaban J connectivity index is 2.19. The summed E-state index contributed by atoms with van der Waals surface area (Å²) in [5.41, 5.74) is 1.63. The van der Waals surface area contributed by atoms with Gasteiger partial charge in [0.1, 0.15) is 5.82 Å². The first kappa shape index (κ1) is 16.1. The molecule has 124 valence electrons. The number of fused-ring (bicyclic) bond motifs is 1. The number of aromatic nitrogens is 2. The number of thiazole rings is 1. The number of benzene rings is 1. The lowest BCUT2D eigenvalue weighted by atomic mass is 10.0. The molecule has 2 aromatic heterocycles. The van der Waals surface area contributed by atoms with Gasteiger partial charge in [0, 0.05) is 24.0 Å². The number of halogens is 1. The van der Waals surface area contributed by atoms with E-state index in [9.17, 15) is 14.0 Å². The average molecular weight is 347 g/mol. The normalized spacial score (nSPS) is 10.9. The van der Waals surface area contributed by atoms with Crippen LogP contribution in [0.15, 0.2) is 34.4 Å². The minimum Gasteiger partial charge on any atom is -0.465 e. The van der Waals surface area contributed by atoms with Crippen LogP contribution in [0.4, 0.5) is 9.18 Å². The summed E-state index contributed by atoms with van der Waals surface area (Å²) < 4.78 is 15.1. The van der Waals surface area contributed by atoms with Crippen LogP contribution in [0.1, 0.15) is 11.4 Å². The van der Waals surface area contributed by atoms with E-state index in [0.29, 0.717) is 21.8 Å². The zero-order valence-electron chi connectivity index (χ0n) is 12.7. The van der Waals surface area contributed by atoms with Crippen LogP contribution in [-0.4, -0.2) is 27.1 Å². The van der Waals surface area contributed by atoms with E-state index in [4.69, 9.17) is 5.11 Å². The first-order valence-corrected chi connectivity index (χ1v) is 8.08. The van der Waals surface area contributed by atoms with Crippen molar-refractivity contribution in [2.24, 2.45) is 0 Å². The van der Waals surface area contributed by atoms with E-state index in [-0.39, 0.29) is 18.5 Å². The van der Waals surface area contributed by atoms with E-state index in [1.54, 1.807) is 13.0 Å². The van der Waals surface area contributed by atoms with Gasteiger partial charge in [0.05, 0.1) is 11.3 Å². The van der Waals surface area contributed by atoms with Gasteiger partial charge in [-0.15, -0.1) is 11.3 Å². The van der Waals surface area contributed by atoms with Gasteiger partial charge in [-0.05, 0) is 24.6 Å². The topological polar surface area (TPSA) is 83.7 Å². The van der Waals surface area contributed by atoms with E-state index in [1.165, 1.54) is 33.9 Å². The van der Waals surface area contributed by atoms with E-state index < -0.39 is 11.9 Å². The largest absolute Gasteiger partial charge is 0.465 e. The summed E-state index contributed by atoms with van der Waals surface area (Å²) in [5, 5.41) is 12.8. The summed E-state index contributed by atoms with van der Waals surface area (Å²) in [6.45, 7) is 1.91. The molecule has 24 heavy (non-hydrogen) atoms. The highest BCUT2D eigenvalue weighted by atomic mass is 32.1. The second-order valence-corrected chi connectivity index (χ2v) is 6.06. The van der Waals surface area contributed by atoms with E-state index in [2.05, 4.69) is 10.3 Å². The van der Waals surface area contributed by atoms with E-state index in [0.717, 1.165) is 5.69 Å². The van der Waals surface area contributed by atoms with Crippen LogP contribution in [-0.2, 0) is 6.42 Å². The first-order valence-electron chi connectivity index (χ1n) is 7.20. The van der Waals surface area contributed by atoms with Crippen molar-refractivity contribution in [3.05, 3.63) is 57.2 Å². The number of hydrogen-bond acceptors (Lipinski definition) is 4. The number of rotatable bonds is 4. The average Bonchev–Trinajstić information content (AvgIpc) is 2.88. The van der Waals surface area contributed by atoms with Gasteiger partial charge in [-0.2, -0.15) is 0 Å². The molecular weight excluding hydrogens is 333 g/mol. The standard InChI is InChI=1S/C16H14FN3O3S/c1-9-8-24-15-19-12(5-6-18-16(22)23)13(14(21)20(9)15)10-3-2-4-11(17)7-10/h2-4,7-8,18H,5-6H2,1H3,(H,22,23). The molecule has 1 amide bonds. The molecule has 0 aliphatic carbocycles. The van der Waals surface area contributed by atoms with Gasteiger partial charge < -0.3 is 10.4 Å². The quantitative estimate of drug-likeness (QED) is 0.760. The van der Waals surface area contributed by atoms with Gasteiger partial charge in [-0.25, -0.2) is 14.2 Å². The third-order valence-electron chi connectivity index (χ3n) is 3.57. The van der Waals surface area contributed by atoms with Crippen molar-refractivity contribution in [2.45, 2.75) is 13.3 Å². The van der Waals surface area contributed by atoms with E-state index >= 15 is 0 Å². The molecule has 0 atom stereocenters. The Kier molecular flexibility index (Phi) is 4.30. The lowest BCUT2D eigenvalue weighted by Gasteiger charge is -2.10. The molecular formula is C16H14FN3O3S. The van der Waals surface area contributed by atoms with Gasteiger partial charge in [0.2, 0.25) is 0 Å². The fourth-order valence-electron chi connectivity index (χ4n) is 2.53. The highest BCUT2D eigenvalue weighted by Crippen LogP contribution is 2.23. The summed E-state index contributed by atoms with van der Waals surface area (Å²) in [5.74, 6) is -0.450. The number of carboxylic acid groups (broad SMARTS) is 1. The third-order valence-corrected chi connectivity index (χ3v) is 4.51. The van der Waals surface area contributed by atoms with Crippen LogP contribution in [0.5, 0.6) is 0 Å². The zero-order chi connectivity index (χ0) is 17.3.